The van der Waals surface area contributed by atoms with Crippen LogP contribution in [0.3, 0.4) is 0 Å². The highest BCUT2D eigenvalue weighted by atomic mass is 79.9. The van der Waals surface area contributed by atoms with Crippen molar-refractivity contribution in [2.75, 3.05) is 17.2 Å². The van der Waals surface area contributed by atoms with Crippen molar-refractivity contribution in [1.82, 2.24) is 0 Å². The van der Waals surface area contributed by atoms with Gasteiger partial charge in [0.05, 0.1) is 8.95 Å². The van der Waals surface area contributed by atoms with Crippen LogP contribution in [0.1, 0.15) is 18.9 Å². The summed E-state index contributed by atoms with van der Waals surface area (Å²) >= 11 is 12.9. The van der Waals surface area contributed by atoms with E-state index in [1.165, 1.54) is 0 Å². The molecule has 0 aliphatic carbocycles. The fraction of sp³-hybridized carbons (Fsp3) is 0.222. The smallest absolute Gasteiger partial charge is 0.312 e. The van der Waals surface area contributed by atoms with Crippen LogP contribution < -0.4 is 15.4 Å². The minimum Gasteiger partial charge on any atom is -0.487 e. The van der Waals surface area contributed by atoms with Crippen LogP contribution in [0.4, 0.5) is 11.4 Å². The van der Waals surface area contributed by atoms with Crippen molar-refractivity contribution in [3.05, 3.63) is 49.9 Å². The third-order valence-corrected chi connectivity index (χ3v) is 4.71. The molecule has 2 aromatic carbocycles. The average Bonchev–Trinajstić information content (AvgIpc) is 2.52. The Morgan fingerprint density at radius 1 is 1.11 bits per heavy atom. The second-order valence-electron chi connectivity index (χ2n) is 5.55. The second kappa shape index (κ2) is 9.96. The Hall–Kier alpha value is -1.77. The van der Waals surface area contributed by atoms with E-state index in [9.17, 15) is 9.59 Å². The highest BCUT2D eigenvalue weighted by molar-refractivity contribution is 9.11. The molecule has 0 saturated carbocycles. The fourth-order valence-electron chi connectivity index (χ4n) is 2.31. The lowest BCUT2D eigenvalue weighted by Gasteiger charge is -2.14. The zero-order valence-electron chi connectivity index (χ0n) is 14.3. The molecule has 0 aliphatic rings. The van der Waals surface area contributed by atoms with Crippen molar-refractivity contribution in [1.29, 1.82) is 0 Å². The summed E-state index contributed by atoms with van der Waals surface area (Å²) in [5.41, 5.74) is 2.26. The predicted octanol–water partition coefficient (Wildman–Crippen LogP) is 5.29. The molecule has 27 heavy (non-hydrogen) atoms. The highest BCUT2D eigenvalue weighted by Gasteiger charge is 2.13. The largest absolute Gasteiger partial charge is 0.487 e. The number of rotatable bonds is 8. The summed E-state index contributed by atoms with van der Waals surface area (Å²) < 4.78 is 7.09. The summed E-state index contributed by atoms with van der Waals surface area (Å²) in [5, 5.41) is 15.0. The SMILES string of the molecule is CCNc1cc(Cl)cc(COc2c(Br)cc(NC(=O)CC(=O)O)cc2Br)c1. The third-order valence-electron chi connectivity index (χ3n) is 3.32. The van der Waals surface area contributed by atoms with Crippen molar-refractivity contribution in [3.8, 4) is 5.75 Å². The molecular formula is C18H17Br2ClN2O4. The zero-order valence-corrected chi connectivity index (χ0v) is 18.2. The van der Waals surface area contributed by atoms with Gasteiger partial charge in [-0.05, 0) is 74.7 Å². The third kappa shape index (κ3) is 6.71. The van der Waals surface area contributed by atoms with Gasteiger partial charge in [0, 0.05) is 22.9 Å². The first kappa shape index (κ1) is 21.5. The molecule has 2 rings (SSSR count). The highest BCUT2D eigenvalue weighted by Crippen LogP contribution is 2.37. The number of hydrogen-bond acceptors (Lipinski definition) is 4. The van der Waals surface area contributed by atoms with Gasteiger partial charge in [-0.25, -0.2) is 0 Å². The first-order chi connectivity index (χ1) is 12.8. The standard InChI is InChI=1S/C18H17Br2ClN2O4/c1-2-22-12-4-10(3-11(21)5-12)9-27-18-14(19)6-13(7-15(18)20)23-16(24)8-17(25)26/h3-7,22H,2,8-9H2,1H3,(H,23,24)(H,25,26). The van der Waals surface area contributed by atoms with E-state index in [0.717, 1.165) is 17.8 Å². The van der Waals surface area contributed by atoms with Gasteiger partial charge in [0.25, 0.3) is 0 Å². The first-order valence-corrected chi connectivity index (χ1v) is 9.91. The number of carboxylic acids is 1. The van der Waals surface area contributed by atoms with Crippen LogP contribution in [-0.2, 0) is 16.2 Å². The van der Waals surface area contributed by atoms with E-state index in [4.69, 9.17) is 21.4 Å². The van der Waals surface area contributed by atoms with Crippen LogP contribution in [0, 0.1) is 0 Å². The lowest BCUT2D eigenvalue weighted by Crippen LogP contribution is -2.16. The first-order valence-electron chi connectivity index (χ1n) is 7.95. The van der Waals surface area contributed by atoms with E-state index in [1.54, 1.807) is 12.1 Å². The molecular weight excluding hydrogens is 503 g/mol. The Labute approximate surface area is 178 Å². The summed E-state index contributed by atoms with van der Waals surface area (Å²) in [5.74, 6) is -1.25. The molecule has 0 unspecified atom stereocenters. The molecule has 0 radical (unpaired) electrons. The zero-order chi connectivity index (χ0) is 20.0. The van der Waals surface area contributed by atoms with Crippen LogP contribution in [-0.4, -0.2) is 23.5 Å². The molecule has 0 fully saturated rings. The van der Waals surface area contributed by atoms with Gasteiger partial charge in [-0.1, -0.05) is 11.6 Å². The Morgan fingerprint density at radius 2 is 1.78 bits per heavy atom. The quantitative estimate of drug-likeness (QED) is 0.412. The number of carbonyl (C=O) groups is 2. The molecule has 9 heteroatoms. The van der Waals surface area contributed by atoms with E-state index in [0.29, 0.717) is 32.0 Å². The van der Waals surface area contributed by atoms with E-state index in [-0.39, 0.29) is 0 Å². The molecule has 0 saturated heterocycles. The minimum atomic E-state index is -1.19. The summed E-state index contributed by atoms with van der Waals surface area (Å²) in [4.78, 5) is 22.2. The molecule has 0 heterocycles. The van der Waals surface area contributed by atoms with E-state index in [2.05, 4.69) is 42.5 Å². The molecule has 0 bridgehead atoms. The Balaban J connectivity index is 2.11. The van der Waals surface area contributed by atoms with Crippen molar-refractivity contribution >= 4 is 66.7 Å². The van der Waals surface area contributed by atoms with Crippen molar-refractivity contribution in [2.45, 2.75) is 20.0 Å². The molecule has 6 nitrogen and oxygen atoms in total. The number of carboxylic acid groups (broad SMARTS) is 1. The molecule has 144 valence electrons. The van der Waals surface area contributed by atoms with Gasteiger partial charge in [-0.3, -0.25) is 9.59 Å². The van der Waals surface area contributed by atoms with Gasteiger partial charge >= 0.3 is 5.97 Å². The number of nitrogens with one attached hydrogen (secondary N) is 2. The number of halogens is 3. The molecule has 2 aromatic rings. The number of carbonyl (C=O) groups excluding carboxylic acids is 1. The number of benzene rings is 2. The van der Waals surface area contributed by atoms with Gasteiger partial charge in [-0.15, -0.1) is 0 Å². The van der Waals surface area contributed by atoms with E-state index < -0.39 is 18.3 Å². The van der Waals surface area contributed by atoms with Gasteiger partial charge in [0.2, 0.25) is 5.91 Å². The summed E-state index contributed by atoms with van der Waals surface area (Å²) in [6.07, 6.45) is -0.601. The van der Waals surface area contributed by atoms with E-state index >= 15 is 0 Å². The number of aliphatic carboxylic acids is 1. The van der Waals surface area contributed by atoms with Crippen LogP contribution in [0.15, 0.2) is 39.3 Å². The number of hydrogen-bond donors (Lipinski definition) is 3. The van der Waals surface area contributed by atoms with Gasteiger partial charge in [0.1, 0.15) is 18.8 Å². The monoisotopic (exact) mass is 518 g/mol. The van der Waals surface area contributed by atoms with Crippen molar-refractivity contribution in [3.63, 3.8) is 0 Å². The van der Waals surface area contributed by atoms with Crippen LogP contribution in [0.25, 0.3) is 0 Å². The van der Waals surface area contributed by atoms with Crippen molar-refractivity contribution < 1.29 is 19.4 Å². The Bertz CT molecular complexity index is 838. The Kier molecular flexibility index (Phi) is 7.94. The predicted molar refractivity (Wildman–Crippen MR) is 113 cm³/mol. The van der Waals surface area contributed by atoms with Gasteiger partial charge < -0.3 is 20.5 Å². The second-order valence-corrected chi connectivity index (χ2v) is 7.70. The van der Waals surface area contributed by atoms with E-state index in [1.807, 2.05) is 25.1 Å². The summed E-state index contributed by atoms with van der Waals surface area (Å²) in [6.45, 7) is 3.08. The van der Waals surface area contributed by atoms with Crippen LogP contribution >= 0.6 is 43.5 Å². The molecule has 0 atom stereocenters. The molecule has 1 amide bonds. The molecule has 0 aromatic heterocycles. The maximum absolute atomic E-state index is 11.6. The lowest BCUT2D eigenvalue weighted by molar-refractivity contribution is -0.139. The fourth-order valence-corrected chi connectivity index (χ4v) is 3.98. The molecule has 0 aliphatic heterocycles. The molecule has 0 spiro atoms. The summed E-state index contributed by atoms with van der Waals surface area (Å²) in [7, 11) is 0. The normalized spacial score (nSPS) is 10.4. The van der Waals surface area contributed by atoms with Crippen molar-refractivity contribution in [2.24, 2.45) is 0 Å². The number of amides is 1. The van der Waals surface area contributed by atoms with Gasteiger partial charge in [0.15, 0.2) is 0 Å². The topological polar surface area (TPSA) is 87.7 Å². The summed E-state index contributed by atoms with van der Waals surface area (Å²) in [6, 6.07) is 8.90. The lowest BCUT2D eigenvalue weighted by atomic mass is 10.2. The average molecular weight is 521 g/mol. The van der Waals surface area contributed by atoms with Crippen LogP contribution in [0.2, 0.25) is 5.02 Å². The maximum Gasteiger partial charge on any atom is 0.312 e. The Morgan fingerprint density at radius 3 is 2.37 bits per heavy atom. The maximum atomic E-state index is 11.6. The number of anilines is 2. The molecule has 3 N–H and O–H groups in total. The minimum absolute atomic E-state index is 0.293. The van der Waals surface area contributed by atoms with Gasteiger partial charge in [-0.2, -0.15) is 0 Å². The van der Waals surface area contributed by atoms with Crippen LogP contribution in [0.5, 0.6) is 5.75 Å². The number of ether oxygens (including phenoxy) is 1.